The number of rotatable bonds is 4. The van der Waals surface area contributed by atoms with Crippen LogP contribution < -0.4 is 10.6 Å². The van der Waals surface area contributed by atoms with E-state index in [0.29, 0.717) is 18.3 Å². The third kappa shape index (κ3) is 2.94. The quantitative estimate of drug-likeness (QED) is 0.901. The lowest BCUT2D eigenvalue weighted by Gasteiger charge is -2.06. The molecule has 2 aromatic heterocycles. The Morgan fingerprint density at radius 1 is 1.47 bits per heavy atom. The zero-order valence-electron chi connectivity index (χ0n) is 9.49. The molecule has 0 bridgehead atoms. The van der Waals surface area contributed by atoms with Crippen LogP contribution in [0.15, 0.2) is 21.3 Å². The van der Waals surface area contributed by atoms with Crippen molar-refractivity contribution in [3.05, 3.63) is 28.2 Å². The average Bonchev–Trinajstić information content (AvgIpc) is 2.74. The molecule has 0 saturated heterocycles. The Kier molecular flexibility index (Phi) is 3.58. The Morgan fingerprint density at radius 3 is 2.94 bits per heavy atom. The van der Waals surface area contributed by atoms with E-state index in [-0.39, 0.29) is 0 Å². The Labute approximate surface area is 107 Å². The predicted octanol–water partition coefficient (Wildman–Crippen LogP) is 2.19. The molecule has 0 atom stereocenters. The molecule has 0 unspecified atom stereocenters. The van der Waals surface area contributed by atoms with Crippen molar-refractivity contribution in [3.8, 4) is 0 Å². The summed E-state index contributed by atoms with van der Waals surface area (Å²) in [4.78, 5) is 8.34. The molecular formula is C10H12BrN5O. The van der Waals surface area contributed by atoms with Gasteiger partial charge < -0.3 is 15.2 Å². The second-order valence-electron chi connectivity index (χ2n) is 3.43. The molecule has 0 fully saturated rings. The van der Waals surface area contributed by atoms with Gasteiger partial charge in [0.2, 0.25) is 5.95 Å². The number of nitrogens with zero attached hydrogens (tertiary/aromatic N) is 3. The average molecular weight is 298 g/mol. The molecule has 7 heteroatoms. The minimum absolute atomic E-state index is 0.527. The second-order valence-corrected chi connectivity index (χ2v) is 4.28. The molecular weight excluding hydrogens is 286 g/mol. The van der Waals surface area contributed by atoms with Crippen molar-refractivity contribution in [3.63, 3.8) is 0 Å². The van der Waals surface area contributed by atoms with Crippen molar-refractivity contribution in [1.82, 2.24) is 15.1 Å². The highest BCUT2D eigenvalue weighted by molar-refractivity contribution is 9.10. The molecule has 0 aliphatic heterocycles. The first-order chi connectivity index (χ1) is 8.19. The molecule has 0 aliphatic carbocycles. The summed E-state index contributed by atoms with van der Waals surface area (Å²) >= 11 is 3.38. The largest absolute Gasteiger partial charge is 0.362 e. The smallest absolute Gasteiger partial charge is 0.224 e. The van der Waals surface area contributed by atoms with E-state index in [0.717, 1.165) is 15.9 Å². The fourth-order valence-corrected chi connectivity index (χ4v) is 1.61. The van der Waals surface area contributed by atoms with Crippen molar-refractivity contribution in [2.24, 2.45) is 0 Å². The normalized spacial score (nSPS) is 10.3. The topological polar surface area (TPSA) is 75.9 Å². The maximum absolute atomic E-state index is 5.10. The van der Waals surface area contributed by atoms with Crippen LogP contribution in [0.25, 0.3) is 0 Å². The van der Waals surface area contributed by atoms with Gasteiger partial charge in [0.25, 0.3) is 0 Å². The van der Waals surface area contributed by atoms with Gasteiger partial charge in [-0.2, -0.15) is 4.98 Å². The monoisotopic (exact) mass is 297 g/mol. The van der Waals surface area contributed by atoms with E-state index in [2.05, 4.69) is 41.7 Å². The summed E-state index contributed by atoms with van der Waals surface area (Å²) in [5.74, 6) is 2.03. The fourth-order valence-electron chi connectivity index (χ4n) is 1.28. The van der Waals surface area contributed by atoms with Crippen LogP contribution in [0.5, 0.6) is 0 Å². The van der Waals surface area contributed by atoms with Gasteiger partial charge in [0, 0.05) is 19.3 Å². The molecule has 0 spiro atoms. The second kappa shape index (κ2) is 5.13. The molecule has 17 heavy (non-hydrogen) atoms. The Bertz CT molecular complexity index is 513. The van der Waals surface area contributed by atoms with Gasteiger partial charge in [0.15, 0.2) is 5.76 Å². The summed E-state index contributed by atoms with van der Waals surface area (Å²) in [6.07, 6.45) is 1.69. The lowest BCUT2D eigenvalue weighted by Crippen LogP contribution is -2.04. The third-order valence-corrected chi connectivity index (χ3v) is 2.65. The SMILES string of the molecule is CNc1ncc(Br)c(NCc2cc(C)no2)n1. The highest BCUT2D eigenvalue weighted by atomic mass is 79.9. The van der Waals surface area contributed by atoms with Crippen molar-refractivity contribution in [2.45, 2.75) is 13.5 Å². The number of nitrogens with one attached hydrogen (secondary N) is 2. The van der Waals surface area contributed by atoms with E-state index >= 15 is 0 Å². The highest BCUT2D eigenvalue weighted by Gasteiger charge is 2.06. The summed E-state index contributed by atoms with van der Waals surface area (Å²) in [7, 11) is 1.77. The van der Waals surface area contributed by atoms with Crippen LogP contribution >= 0.6 is 15.9 Å². The Balaban J connectivity index is 2.07. The molecule has 0 aromatic carbocycles. The van der Waals surface area contributed by atoms with Gasteiger partial charge in [-0.25, -0.2) is 4.98 Å². The molecule has 6 nitrogen and oxygen atoms in total. The number of hydrogen-bond donors (Lipinski definition) is 2. The zero-order chi connectivity index (χ0) is 12.3. The van der Waals surface area contributed by atoms with E-state index < -0.39 is 0 Å². The third-order valence-electron chi connectivity index (χ3n) is 2.07. The van der Waals surface area contributed by atoms with E-state index in [1.54, 1.807) is 13.2 Å². The van der Waals surface area contributed by atoms with Gasteiger partial charge in [-0.05, 0) is 22.9 Å². The van der Waals surface area contributed by atoms with Crippen molar-refractivity contribution < 1.29 is 4.52 Å². The van der Waals surface area contributed by atoms with Gasteiger partial charge in [0.1, 0.15) is 5.82 Å². The van der Waals surface area contributed by atoms with Gasteiger partial charge in [-0.3, -0.25) is 0 Å². The number of aromatic nitrogens is 3. The summed E-state index contributed by atoms with van der Waals surface area (Å²) in [5, 5.41) is 9.84. The van der Waals surface area contributed by atoms with Crippen LogP contribution in [0.3, 0.4) is 0 Å². The van der Waals surface area contributed by atoms with Crippen LogP contribution in [0.2, 0.25) is 0 Å². The van der Waals surface area contributed by atoms with E-state index in [9.17, 15) is 0 Å². The van der Waals surface area contributed by atoms with Crippen molar-refractivity contribution in [1.29, 1.82) is 0 Å². The summed E-state index contributed by atoms with van der Waals surface area (Å²) in [5.41, 5.74) is 0.861. The number of halogens is 1. The van der Waals surface area contributed by atoms with Gasteiger partial charge >= 0.3 is 0 Å². The lowest BCUT2D eigenvalue weighted by molar-refractivity contribution is 0.384. The lowest BCUT2D eigenvalue weighted by atomic mass is 10.4. The van der Waals surface area contributed by atoms with Gasteiger partial charge in [-0.15, -0.1) is 0 Å². The van der Waals surface area contributed by atoms with Crippen LogP contribution in [0, 0.1) is 6.92 Å². The number of anilines is 2. The zero-order valence-corrected chi connectivity index (χ0v) is 11.1. The standard InChI is InChI=1S/C10H12BrN5O/c1-6-3-7(17-16-6)4-13-9-8(11)5-14-10(12-2)15-9/h3,5H,4H2,1-2H3,(H2,12,13,14,15). The molecule has 2 N–H and O–H groups in total. The van der Waals surface area contributed by atoms with E-state index in [1.165, 1.54) is 0 Å². The Hall–Kier alpha value is -1.63. The van der Waals surface area contributed by atoms with Gasteiger partial charge in [-0.1, -0.05) is 5.16 Å². The van der Waals surface area contributed by atoms with Crippen molar-refractivity contribution >= 4 is 27.7 Å². The molecule has 2 rings (SSSR count). The van der Waals surface area contributed by atoms with Gasteiger partial charge in [0.05, 0.1) is 16.7 Å². The molecule has 2 heterocycles. The number of hydrogen-bond acceptors (Lipinski definition) is 6. The summed E-state index contributed by atoms with van der Waals surface area (Å²) in [6, 6.07) is 1.88. The minimum Gasteiger partial charge on any atom is -0.362 e. The first-order valence-corrected chi connectivity index (χ1v) is 5.84. The van der Waals surface area contributed by atoms with Crippen LogP contribution in [-0.2, 0) is 6.54 Å². The maximum Gasteiger partial charge on any atom is 0.224 e. The molecule has 0 aliphatic rings. The maximum atomic E-state index is 5.10. The Morgan fingerprint density at radius 2 is 2.29 bits per heavy atom. The molecule has 0 radical (unpaired) electrons. The molecule has 2 aromatic rings. The minimum atomic E-state index is 0.527. The summed E-state index contributed by atoms with van der Waals surface area (Å²) in [6.45, 7) is 2.41. The van der Waals surface area contributed by atoms with Crippen LogP contribution in [-0.4, -0.2) is 22.2 Å². The number of aryl methyl sites for hydroxylation is 1. The first kappa shape index (κ1) is 11.8. The molecule has 0 amide bonds. The summed E-state index contributed by atoms with van der Waals surface area (Å²) < 4.78 is 5.89. The highest BCUT2D eigenvalue weighted by Crippen LogP contribution is 2.20. The van der Waals surface area contributed by atoms with E-state index in [1.807, 2.05) is 13.0 Å². The first-order valence-electron chi connectivity index (χ1n) is 5.05. The van der Waals surface area contributed by atoms with Crippen molar-refractivity contribution in [2.75, 3.05) is 17.7 Å². The van der Waals surface area contributed by atoms with E-state index in [4.69, 9.17) is 4.52 Å². The predicted molar refractivity (Wildman–Crippen MR) is 67.8 cm³/mol. The van der Waals surface area contributed by atoms with Crippen LogP contribution in [0.4, 0.5) is 11.8 Å². The molecule has 90 valence electrons. The fraction of sp³-hybridized carbons (Fsp3) is 0.300. The molecule has 0 saturated carbocycles. The van der Waals surface area contributed by atoms with Crippen LogP contribution in [0.1, 0.15) is 11.5 Å².